The number of rotatable bonds is 5. The van der Waals surface area contributed by atoms with Gasteiger partial charge in [0.1, 0.15) is 0 Å². The summed E-state index contributed by atoms with van der Waals surface area (Å²) in [5, 5.41) is 8.77. The predicted molar refractivity (Wildman–Crippen MR) is 67.8 cm³/mol. The first kappa shape index (κ1) is 12.2. The summed E-state index contributed by atoms with van der Waals surface area (Å²) in [6.07, 6.45) is 6.13. The lowest BCUT2D eigenvalue weighted by Gasteiger charge is -2.10. The summed E-state index contributed by atoms with van der Waals surface area (Å²) < 4.78 is 0. The van der Waals surface area contributed by atoms with Crippen molar-refractivity contribution in [3.63, 3.8) is 0 Å². The third-order valence-electron chi connectivity index (χ3n) is 3.80. The second-order valence-corrected chi connectivity index (χ2v) is 5.17. The molecule has 2 atom stereocenters. The van der Waals surface area contributed by atoms with E-state index in [4.69, 9.17) is 5.11 Å². The number of carbonyl (C=O) groups is 1. The van der Waals surface area contributed by atoms with Gasteiger partial charge in [-0.25, -0.2) is 0 Å². The van der Waals surface area contributed by atoms with Gasteiger partial charge in [0.15, 0.2) is 0 Å². The van der Waals surface area contributed by atoms with E-state index >= 15 is 0 Å². The molecule has 0 radical (unpaired) electrons. The largest absolute Gasteiger partial charge is 0.481 e. The van der Waals surface area contributed by atoms with Gasteiger partial charge in [-0.3, -0.25) is 4.79 Å². The van der Waals surface area contributed by atoms with Crippen LogP contribution in [0.15, 0.2) is 30.3 Å². The first-order chi connectivity index (χ1) is 8.24. The number of carboxylic acid groups (broad SMARTS) is 1. The van der Waals surface area contributed by atoms with E-state index in [1.54, 1.807) is 0 Å². The van der Waals surface area contributed by atoms with E-state index in [1.807, 2.05) is 6.07 Å². The van der Waals surface area contributed by atoms with Crippen LogP contribution in [-0.2, 0) is 11.2 Å². The highest BCUT2D eigenvalue weighted by Crippen LogP contribution is 2.35. The Hall–Kier alpha value is -1.31. The van der Waals surface area contributed by atoms with E-state index in [2.05, 4.69) is 24.3 Å². The molecule has 1 aromatic carbocycles. The molecule has 1 aliphatic rings. The van der Waals surface area contributed by atoms with Crippen molar-refractivity contribution in [2.45, 2.75) is 38.5 Å². The molecule has 1 N–H and O–H groups in total. The van der Waals surface area contributed by atoms with Crippen LogP contribution in [0, 0.1) is 11.8 Å². The summed E-state index contributed by atoms with van der Waals surface area (Å²) >= 11 is 0. The quantitative estimate of drug-likeness (QED) is 0.843. The summed E-state index contributed by atoms with van der Waals surface area (Å²) in [6, 6.07) is 10.5. The van der Waals surface area contributed by atoms with Crippen molar-refractivity contribution in [1.82, 2.24) is 0 Å². The van der Waals surface area contributed by atoms with E-state index in [1.165, 1.54) is 18.4 Å². The summed E-state index contributed by atoms with van der Waals surface area (Å²) in [7, 11) is 0. The van der Waals surface area contributed by atoms with Crippen molar-refractivity contribution in [3.8, 4) is 0 Å². The van der Waals surface area contributed by atoms with Gasteiger partial charge in [0, 0.05) is 6.42 Å². The number of aryl methyl sites for hydroxylation is 1. The predicted octanol–water partition coefficient (Wildman–Crippen LogP) is 3.51. The average molecular weight is 232 g/mol. The highest BCUT2D eigenvalue weighted by molar-refractivity contribution is 5.67. The van der Waals surface area contributed by atoms with Crippen molar-refractivity contribution in [2.75, 3.05) is 0 Å². The lowest BCUT2D eigenvalue weighted by atomic mass is 9.96. The van der Waals surface area contributed by atoms with Gasteiger partial charge < -0.3 is 5.11 Å². The molecule has 92 valence electrons. The van der Waals surface area contributed by atoms with Gasteiger partial charge >= 0.3 is 5.97 Å². The van der Waals surface area contributed by atoms with Crippen molar-refractivity contribution in [1.29, 1.82) is 0 Å². The molecular formula is C15H20O2. The maximum absolute atomic E-state index is 10.6. The lowest BCUT2D eigenvalue weighted by Crippen LogP contribution is -2.05. The van der Waals surface area contributed by atoms with E-state index in [0.717, 1.165) is 25.2 Å². The fourth-order valence-electron chi connectivity index (χ4n) is 2.89. The molecule has 1 aromatic rings. The standard InChI is InChI=1S/C15H20O2/c16-15(17)11-14-9-8-13(10-14)7-6-12-4-2-1-3-5-12/h1-5,13-14H,6-11H2,(H,16,17). The van der Waals surface area contributed by atoms with Gasteiger partial charge in [0.2, 0.25) is 0 Å². The minimum Gasteiger partial charge on any atom is -0.481 e. The zero-order valence-electron chi connectivity index (χ0n) is 10.1. The number of carboxylic acids is 1. The van der Waals surface area contributed by atoms with Crippen LogP contribution in [-0.4, -0.2) is 11.1 Å². The molecule has 1 fully saturated rings. The monoisotopic (exact) mass is 232 g/mol. The zero-order valence-corrected chi connectivity index (χ0v) is 10.1. The minimum absolute atomic E-state index is 0.363. The fraction of sp³-hybridized carbons (Fsp3) is 0.533. The Balaban J connectivity index is 1.73. The Kier molecular flexibility index (Phi) is 4.18. The third-order valence-corrected chi connectivity index (χ3v) is 3.80. The van der Waals surface area contributed by atoms with E-state index < -0.39 is 5.97 Å². The van der Waals surface area contributed by atoms with Crippen LogP contribution in [0.1, 0.15) is 37.7 Å². The number of hydrogen-bond donors (Lipinski definition) is 1. The summed E-state index contributed by atoms with van der Waals surface area (Å²) in [6.45, 7) is 0. The summed E-state index contributed by atoms with van der Waals surface area (Å²) in [4.78, 5) is 10.6. The minimum atomic E-state index is -0.640. The third kappa shape index (κ3) is 3.88. The van der Waals surface area contributed by atoms with Crippen molar-refractivity contribution < 1.29 is 9.90 Å². The van der Waals surface area contributed by atoms with Crippen LogP contribution in [0.2, 0.25) is 0 Å². The summed E-state index contributed by atoms with van der Waals surface area (Å²) in [5.74, 6) is 0.520. The molecule has 0 spiro atoms. The smallest absolute Gasteiger partial charge is 0.303 e. The van der Waals surface area contributed by atoms with Crippen LogP contribution in [0.5, 0.6) is 0 Å². The molecule has 0 saturated heterocycles. The molecule has 2 unspecified atom stereocenters. The van der Waals surface area contributed by atoms with Crippen LogP contribution in [0.3, 0.4) is 0 Å². The van der Waals surface area contributed by atoms with Crippen LogP contribution in [0.25, 0.3) is 0 Å². The summed E-state index contributed by atoms with van der Waals surface area (Å²) in [5.41, 5.74) is 1.40. The molecule has 0 aliphatic heterocycles. The van der Waals surface area contributed by atoms with Gasteiger partial charge in [-0.15, -0.1) is 0 Å². The second-order valence-electron chi connectivity index (χ2n) is 5.17. The molecule has 1 aliphatic carbocycles. The molecule has 17 heavy (non-hydrogen) atoms. The molecule has 2 rings (SSSR count). The maximum Gasteiger partial charge on any atom is 0.303 e. The molecule has 0 amide bonds. The van der Waals surface area contributed by atoms with Gasteiger partial charge in [0.05, 0.1) is 0 Å². The molecule has 0 aromatic heterocycles. The first-order valence-corrected chi connectivity index (χ1v) is 6.50. The Morgan fingerprint density at radius 2 is 1.88 bits per heavy atom. The van der Waals surface area contributed by atoms with E-state index in [0.29, 0.717) is 12.3 Å². The van der Waals surface area contributed by atoms with Gasteiger partial charge in [-0.1, -0.05) is 36.8 Å². The average Bonchev–Trinajstić information content (AvgIpc) is 2.75. The second kappa shape index (κ2) is 5.85. The van der Waals surface area contributed by atoms with Gasteiger partial charge in [0.25, 0.3) is 0 Å². The Bertz CT molecular complexity index is 358. The molecule has 0 bridgehead atoms. The Labute approximate surface area is 103 Å². The molecule has 2 nitrogen and oxygen atoms in total. The zero-order chi connectivity index (χ0) is 12.1. The SMILES string of the molecule is O=C(O)CC1CCC(CCc2ccccc2)C1. The number of benzene rings is 1. The fourth-order valence-corrected chi connectivity index (χ4v) is 2.89. The molecule has 2 heteroatoms. The van der Waals surface area contributed by atoms with Crippen molar-refractivity contribution in [2.24, 2.45) is 11.8 Å². The highest BCUT2D eigenvalue weighted by Gasteiger charge is 2.25. The van der Waals surface area contributed by atoms with Crippen LogP contribution in [0.4, 0.5) is 0 Å². The number of aliphatic carboxylic acids is 1. The maximum atomic E-state index is 10.6. The molecule has 1 saturated carbocycles. The van der Waals surface area contributed by atoms with Gasteiger partial charge in [-0.2, -0.15) is 0 Å². The Morgan fingerprint density at radius 1 is 1.18 bits per heavy atom. The molecule has 0 heterocycles. The highest BCUT2D eigenvalue weighted by atomic mass is 16.4. The van der Waals surface area contributed by atoms with Crippen molar-refractivity contribution >= 4 is 5.97 Å². The number of hydrogen-bond acceptors (Lipinski definition) is 1. The van der Waals surface area contributed by atoms with E-state index in [-0.39, 0.29) is 0 Å². The first-order valence-electron chi connectivity index (χ1n) is 6.50. The van der Waals surface area contributed by atoms with Crippen LogP contribution >= 0.6 is 0 Å². The van der Waals surface area contributed by atoms with Crippen LogP contribution < -0.4 is 0 Å². The lowest BCUT2D eigenvalue weighted by molar-refractivity contribution is -0.138. The topological polar surface area (TPSA) is 37.3 Å². The Morgan fingerprint density at radius 3 is 2.59 bits per heavy atom. The van der Waals surface area contributed by atoms with E-state index in [9.17, 15) is 4.79 Å². The normalized spacial score (nSPS) is 23.8. The van der Waals surface area contributed by atoms with Gasteiger partial charge in [-0.05, 0) is 43.1 Å². The van der Waals surface area contributed by atoms with Crippen molar-refractivity contribution in [3.05, 3.63) is 35.9 Å². The molecular weight excluding hydrogens is 212 g/mol.